The van der Waals surface area contributed by atoms with Gasteiger partial charge in [0.25, 0.3) is 10.0 Å². The number of halogens is 4. The SMILES string of the molecule is Cc1oncc1S(=O)(=O)n1nnc2c(Br)cc(C(F)(F)F)cc21. The smallest absolute Gasteiger partial charge is 0.360 e. The van der Waals surface area contributed by atoms with Gasteiger partial charge in [0.2, 0.25) is 0 Å². The van der Waals surface area contributed by atoms with Crippen LogP contribution in [-0.2, 0) is 16.2 Å². The Morgan fingerprint density at radius 2 is 2.00 bits per heavy atom. The Kier molecular flexibility index (Phi) is 3.48. The molecule has 0 saturated carbocycles. The molecule has 0 spiro atoms. The van der Waals surface area contributed by atoms with E-state index in [4.69, 9.17) is 0 Å². The van der Waals surface area contributed by atoms with Crippen molar-refractivity contribution in [2.75, 3.05) is 0 Å². The van der Waals surface area contributed by atoms with Crippen LogP contribution >= 0.6 is 15.9 Å². The van der Waals surface area contributed by atoms with Crippen LogP contribution in [0.15, 0.2) is 32.2 Å². The number of aromatic nitrogens is 4. The average molecular weight is 411 g/mol. The van der Waals surface area contributed by atoms with Crippen LogP contribution in [0.3, 0.4) is 0 Å². The lowest BCUT2D eigenvalue weighted by molar-refractivity contribution is -0.137. The zero-order valence-electron chi connectivity index (χ0n) is 11.2. The lowest BCUT2D eigenvalue weighted by atomic mass is 10.2. The molecule has 0 aliphatic carbocycles. The number of rotatable bonds is 2. The summed E-state index contributed by atoms with van der Waals surface area (Å²) >= 11 is 2.94. The number of aryl methyl sites for hydroxylation is 1. The number of nitrogens with zero attached hydrogens (tertiary/aromatic N) is 4. The monoisotopic (exact) mass is 410 g/mol. The summed E-state index contributed by atoms with van der Waals surface area (Å²) in [5.41, 5.74) is -1.36. The second kappa shape index (κ2) is 5.03. The number of benzene rings is 1. The predicted molar refractivity (Wildman–Crippen MR) is 74.1 cm³/mol. The average Bonchev–Trinajstić information content (AvgIpc) is 3.04. The summed E-state index contributed by atoms with van der Waals surface area (Å²) in [5.74, 6) is -0.0142. The molecule has 0 amide bonds. The molecule has 3 rings (SSSR count). The van der Waals surface area contributed by atoms with Crippen molar-refractivity contribution in [3.05, 3.63) is 34.1 Å². The minimum absolute atomic E-state index is 0.0142. The van der Waals surface area contributed by atoms with Crippen LogP contribution in [-0.4, -0.2) is 28.0 Å². The minimum atomic E-state index is -4.65. The van der Waals surface area contributed by atoms with Gasteiger partial charge in [0.15, 0.2) is 10.7 Å². The molecular formula is C11H6BrF3N4O3S. The van der Waals surface area contributed by atoms with E-state index < -0.39 is 21.8 Å². The Bertz CT molecular complexity index is 1010. The number of fused-ring (bicyclic) bond motifs is 1. The van der Waals surface area contributed by atoms with E-state index >= 15 is 0 Å². The summed E-state index contributed by atoms with van der Waals surface area (Å²) in [6.07, 6.45) is -3.70. The van der Waals surface area contributed by atoms with E-state index in [9.17, 15) is 21.6 Å². The molecule has 0 aliphatic heterocycles. The predicted octanol–water partition coefficient (Wildman–Crippen LogP) is 2.75. The van der Waals surface area contributed by atoms with Gasteiger partial charge in [0, 0.05) is 4.47 Å². The van der Waals surface area contributed by atoms with Gasteiger partial charge in [-0.1, -0.05) is 10.4 Å². The Hall–Kier alpha value is -1.95. The number of alkyl halides is 3. The third kappa shape index (κ3) is 2.51. The molecule has 0 bridgehead atoms. The second-order valence-electron chi connectivity index (χ2n) is 4.51. The summed E-state index contributed by atoms with van der Waals surface area (Å²) in [6, 6.07) is 1.47. The van der Waals surface area contributed by atoms with Gasteiger partial charge in [0.05, 0.1) is 11.8 Å². The van der Waals surface area contributed by atoms with Crippen molar-refractivity contribution >= 4 is 37.0 Å². The first-order valence-corrected chi connectivity index (χ1v) is 8.14. The summed E-state index contributed by atoms with van der Waals surface area (Å²) in [4.78, 5) is -0.308. The third-order valence-electron chi connectivity index (χ3n) is 3.01. The molecule has 0 atom stereocenters. The molecule has 0 saturated heterocycles. The standard InChI is InChI=1S/C11H6BrF3N4O3S/c1-5-9(4-16-22-5)23(20,21)19-8-3-6(11(13,14)15)2-7(12)10(8)17-18-19/h2-4H,1H3. The fourth-order valence-corrected chi connectivity index (χ4v) is 3.76. The number of hydrogen-bond acceptors (Lipinski definition) is 6. The highest BCUT2D eigenvalue weighted by Crippen LogP contribution is 2.35. The quantitative estimate of drug-likeness (QED) is 0.644. The molecule has 2 aromatic heterocycles. The highest BCUT2D eigenvalue weighted by atomic mass is 79.9. The molecule has 3 aromatic rings. The van der Waals surface area contributed by atoms with E-state index in [1.807, 2.05) is 0 Å². The Balaban J connectivity index is 2.32. The van der Waals surface area contributed by atoms with Gasteiger partial charge in [-0.2, -0.15) is 21.6 Å². The van der Waals surface area contributed by atoms with Crippen molar-refractivity contribution in [2.24, 2.45) is 0 Å². The van der Waals surface area contributed by atoms with Crippen molar-refractivity contribution in [1.29, 1.82) is 0 Å². The van der Waals surface area contributed by atoms with Crippen LogP contribution in [0, 0.1) is 6.92 Å². The summed E-state index contributed by atoms with van der Waals surface area (Å²) in [5, 5.41) is 10.4. The zero-order chi connectivity index (χ0) is 17.0. The van der Waals surface area contributed by atoms with Crippen molar-refractivity contribution in [3.63, 3.8) is 0 Å². The van der Waals surface area contributed by atoms with Gasteiger partial charge < -0.3 is 4.52 Å². The van der Waals surface area contributed by atoms with E-state index in [0.717, 1.165) is 12.3 Å². The van der Waals surface area contributed by atoms with Crippen molar-refractivity contribution in [2.45, 2.75) is 18.0 Å². The highest BCUT2D eigenvalue weighted by molar-refractivity contribution is 9.10. The van der Waals surface area contributed by atoms with Gasteiger partial charge >= 0.3 is 6.18 Å². The van der Waals surface area contributed by atoms with Gasteiger partial charge in [-0.3, -0.25) is 0 Å². The van der Waals surface area contributed by atoms with Crippen molar-refractivity contribution < 1.29 is 26.1 Å². The van der Waals surface area contributed by atoms with E-state index in [2.05, 4.69) is 35.9 Å². The minimum Gasteiger partial charge on any atom is -0.360 e. The Morgan fingerprint density at radius 1 is 1.30 bits per heavy atom. The Labute approximate surface area is 135 Å². The van der Waals surface area contributed by atoms with Gasteiger partial charge in [-0.05, 0) is 35.0 Å². The first kappa shape index (κ1) is 15.9. The topological polar surface area (TPSA) is 90.9 Å². The molecule has 0 aliphatic rings. The fraction of sp³-hybridized carbons (Fsp3) is 0.182. The van der Waals surface area contributed by atoms with Gasteiger partial charge in [-0.15, -0.1) is 9.19 Å². The lowest BCUT2D eigenvalue weighted by Crippen LogP contribution is -2.15. The Morgan fingerprint density at radius 3 is 2.57 bits per heavy atom. The first-order valence-electron chi connectivity index (χ1n) is 5.91. The molecule has 122 valence electrons. The van der Waals surface area contributed by atoms with Crippen molar-refractivity contribution in [1.82, 2.24) is 19.6 Å². The van der Waals surface area contributed by atoms with Crippen LogP contribution in [0.1, 0.15) is 11.3 Å². The van der Waals surface area contributed by atoms with E-state index in [0.29, 0.717) is 10.2 Å². The molecular weight excluding hydrogens is 405 g/mol. The van der Waals surface area contributed by atoms with E-state index in [1.54, 1.807) is 0 Å². The fourth-order valence-electron chi connectivity index (χ4n) is 1.93. The molecule has 0 unspecified atom stereocenters. The normalized spacial score (nSPS) is 12.9. The second-order valence-corrected chi connectivity index (χ2v) is 7.10. The van der Waals surface area contributed by atoms with Gasteiger partial charge in [-0.25, -0.2) is 0 Å². The van der Waals surface area contributed by atoms with Crippen LogP contribution in [0.25, 0.3) is 11.0 Å². The third-order valence-corrected chi connectivity index (χ3v) is 5.29. The molecule has 23 heavy (non-hydrogen) atoms. The maximum Gasteiger partial charge on any atom is 0.416 e. The molecule has 12 heteroatoms. The first-order chi connectivity index (χ1) is 10.6. The summed E-state index contributed by atoms with van der Waals surface area (Å²) in [6.45, 7) is 1.36. The molecule has 0 fully saturated rings. The maximum absolute atomic E-state index is 12.9. The zero-order valence-corrected chi connectivity index (χ0v) is 13.6. The summed E-state index contributed by atoms with van der Waals surface area (Å²) in [7, 11) is -4.29. The molecule has 0 radical (unpaired) electrons. The van der Waals surface area contributed by atoms with Crippen LogP contribution in [0.5, 0.6) is 0 Å². The lowest BCUT2D eigenvalue weighted by Gasteiger charge is -2.08. The molecule has 7 nitrogen and oxygen atoms in total. The summed E-state index contributed by atoms with van der Waals surface area (Å²) < 4.78 is 68.9. The van der Waals surface area contributed by atoms with Gasteiger partial charge in [0.1, 0.15) is 11.0 Å². The molecule has 1 aromatic carbocycles. The molecule has 2 heterocycles. The number of hydrogen-bond donors (Lipinski definition) is 0. The van der Waals surface area contributed by atoms with Crippen LogP contribution in [0.4, 0.5) is 13.2 Å². The van der Waals surface area contributed by atoms with Crippen molar-refractivity contribution in [3.8, 4) is 0 Å². The van der Waals surface area contributed by atoms with Crippen LogP contribution in [0.2, 0.25) is 0 Å². The van der Waals surface area contributed by atoms with Crippen LogP contribution < -0.4 is 0 Å². The largest absolute Gasteiger partial charge is 0.416 e. The van der Waals surface area contributed by atoms with E-state index in [1.165, 1.54) is 6.92 Å². The maximum atomic E-state index is 12.9. The van der Waals surface area contributed by atoms with E-state index in [-0.39, 0.29) is 26.2 Å². The molecule has 0 N–H and O–H groups in total. The highest BCUT2D eigenvalue weighted by Gasteiger charge is 2.33.